The highest BCUT2D eigenvalue weighted by atomic mass is 15.1. The second-order valence-electron chi connectivity index (χ2n) is 8.74. The molecule has 0 unspecified atom stereocenters. The summed E-state index contributed by atoms with van der Waals surface area (Å²) in [6.45, 7) is 15.5. The fourth-order valence-electron chi connectivity index (χ4n) is 4.68. The van der Waals surface area contributed by atoms with Gasteiger partial charge in [-0.25, -0.2) is 0 Å². The molecular formula is C28H38N2. The van der Waals surface area contributed by atoms with Crippen molar-refractivity contribution in [3.8, 4) is 0 Å². The Morgan fingerprint density at radius 2 is 1.00 bits per heavy atom. The Balaban J connectivity index is 1.97. The standard InChI is InChI=1S/C28H38N2/c1-9-29(7)27-15-11-23(17-19(27)3)25-13-14-26(22(6)21(25)5)24-12-16-28(20(4)18-24)30(8)10-2/h11-12,15-18H,9-10,13-14H2,1-8H3. The number of benzene rings is 2. The van der Waals surface area contributed by atoms with Gasteiger partial charge in [0.05, 0.1) is 0 Å². The lowest BCUT2D eigenvalue weighted by molar-refractivity contribution is 0.959. The van der Waals surface area contributed by atoms with Gasteiger partial charge in [0.25, 0.3) is 0 Å². The second kappa shape index (κ2) is 9.12. The molecule has 0 N–H and O–H groups in total. The van der Waals surface area contributed by atoms with Crippen molar-refractivity contribution in [2.24, 2.45) is 0 Å². The highest BCUT2D eigenvalue weighted by Crippen LogP contribution is 2.41. The maximum atomic E-state index is 2.37. The molecule has 0 fully saturated rings. The van der Waals surface area contributed by atoms with Gasteiger partial charge in [0, 0.05) is 38.6 Å². The summed E-state index contributed by atoms with van der Waals surface area (Å²) in [6, 6.07) is 13.9. The normalized spacial score (nSPS) is 14.4. The zero-order valence-corrected chi connectivity index (χ0v) is 20.2. The topological polar surface area (TPSA) is 6.48 Å². The predicted molar refractivity (Wildman–Crippen MR) is 135 cm³/mol. The molecule has 2 nitrogen and oxygen atoms in total. The van der Waals surface area contributed by atoms with Crippen LogP contribution in [0, 0.1) is 13.8 Å². The first-order valence-corrected chi connectivity index (χ1v) is 11.3. The first-order valence-electron chi connectivity index (χ1n) is 11.3. The maximum Gasteiger partial charge on any atom is 0.0393 e. The molecule has 0 aromatic heterocycles. The summed E-state index contributed by atoms with van der Waals surface area (Å²) >= 11 is 0. The van der Waals surface area contributed by atoms with Crippen LogP contribution < -0.4 is 9.80 Å². The monoisotopic (exact) mass is 402 g/mol. The molecule has 0 amide bonds. The molecule has 0 bridgehead atoms. The molecule has 0 spiro atoms. The second-order valence-corrected chi connectivity index (χ2v) is 8.74. The van der Waals surface area contributed by atoms with Gasteiger partial charge in [0.2, 0.25) is 0 Å². The summed E-state index contributed by atoms with van der Waals surface area (Å²) in [5.74, 6) is 0. The Morgan fingerprint density at radius 1 is 0.633 bits per heavy atom. The van der Waals surface area contributed by atoms with Crippen molar-refractivity contribution >= 4 is 22.5 Å². The highest BCUT2D eigenvalue weighted by molar-refractivity contribution is 5.85. The van der Waals surface area contributed by atoms with E-state index < -0.39 is 0 Å². The molecular weight excluding hydrogens is 364 g/mol. The molecule has 0 saturated carbocycles. The van der Waals surface area contributed by atoms with Gasteiger partial charge in [-0.05, 0) is 123 Å². The number of hydrogen-bond donors (Lipinski definition) is 0. The van der Waals surface area contributed by atoms with Gasteiger partial charge < -0.3 is 9.80 Å². The van der Waals surface area contributed by atoms with E-state index in [0.717, 1.165) is 25.9 Å². The largest absolute Gasteiger partial charge is 0.375 e. The van der Waals surface area contributed by atoms with Crippen molar-refractivity contribution in [3.63, 3.8) is 0 Å². The van der Waals surface area contributed by atoms with Gasteiger partial charge in [-0.15, -0.1) is 0 Å². The first kappa shape index (κ1) is 22.2. The van der Waals surface area contributed by atoms with Crippen LogP contribution >= 0.6 is 0 Å². The average Bonchev–Trinajstić information content (AvgIpc) is 2.74. The number of allylic oxidation sites excluding steroid dienone is 4. The van der Waals surface area contributed by atoms with Crippen LogP contribution in [-0.2, 0) is 0 Å². The average molecular weight is 403 g/mol. The van der Waals surface area contributed by atoms with Crippen LogP contribution in [0.25, 0.3) is 11.1 Å². The quantitative estimate of drug-likeness (QED) is 0.502. The number of nitrogens with zero attached hydrogens (tertiary/aromatic N) is 2. The lowest BCUT2D eigenvalue weighted by Gasteiger charge is -2.26. The molecule has 2 heteroatoms. The lowest BCUT2D eigenvalue weighted by atomic mass is 9.81. The van der Waals surface area contributed by atoms with Gasteiger partial charge >= 0.3 is 0 Å². The van der Waals surface area contributed by atoms with E-state index in [9.17, 15) is 0 Å². The summed E-state index contributed by atoms with van der Waals surface area (Å²) in [6.07, 6.45) is 2.22. The number of rotatable bonds is 6. The van der Waals surface area contributed by atoms with E-state index in [1.165, 1.54) is 55.9 Å². The molecule has 2 aromatic rings. The minimum Gasteiger partial charge on any atom is -0.375 e. The van der Waals surface area contributed by atoms with Crippen molar-refractivity contribution in [1.82, 2.24) is 0 Å². The SMILES string of the molecule is CCN(C)c1ccc(C2=C(C)C(C)=C(c3ccc(N(C)CC)c(C)c3)CC2)cc1C. The van der Waals surface area contributed by atoms with Crippen molar-refractivity contribution in [2.45, 2.75) is 54.4 Å². The van der Waals surface area contributed by atoms with Gasteiger partial charge in [-0.3, -0.25) is 0 Å². The van der Waals surface area contributed by atoms with Crippen LogP contribution in [0.5, 0.6) is 0 Å². The predicted octanol–water partition coefficient (Wildman–Crippen LogP) is 7.26. The van der Waals surface area contributed by atoms with Crippen LogP contribution in [0.4, 0.5) is 11.4 Å². The Labute approximate surface area is 183 Å². The van der Waals surface area contributed by atoms with Crippen LogP contribution in [0.1, 0.15) is 62.8 Å². The van der Waals surface area contributed by atoms with Crippen LogP contribution in [-0.4, -0.2) is 27.2 Å². The fourth-order valence-corrected chi connectivity index (χ4v) is 4.68. The summed E-state index contributed by atoms with van der Waals surface area (Å²) in [7, 11) is 4.33. The third-order valence-corrected chi connectivity index (χ3v) is 6.95. The van der Waals surface area contributed by atoms with Crippen LogP contribution in [0.3, 0.4) is 0 Å². The molecule has 0 radical (unpaired) electrons. The molecule has 2 aromatic carbocycles. The summed E-state index contributed by atoms with van der Waals surface area (Å²) < 4.78 is 0. The zero-order valence-electron chi connectivity index (χ0n) is 20.2. The third kappa shape index (κ3) is 4.19. The number of aryl methyl sites for hydroxylation is 2. The van der Waals surface area contributed by atoms with Crippen molar-refractivity contribution in [2.75, 3.05) is 37.0 Å². The van der Waals surface area contributed by atoms with E-state index in [4.69, 9.17) is 0 Å². The van der Waals surface area contributed by atoms with E-state index in [0.29, 0.717) is 0 Å². The van der Waals surface area contributed by atoms with Crippen LogP contribution in [0.2, 0.25) is 0 Å². The molecule has 1 aliphatic rings. The summed E-state index contributed by atoms with van der Waals surface area (Å²) in [5, 5.41) is 0. The number of anilines is 2. The number of hydrogen-bond acceptors (Lipinski definition) is 2. The van der Waals surface area contributed by atoms with E-state index in [1.54, 1.807) is 0 Å². The van der Waals surface area contributed by atoms with E-state index in [1.807, 2.05) is 0 Å². The molecule has 1 aliphatic carbocycles. The molecule has 30 heavy (non-hydrogen) atoms. The van der Waals surface area contributed by atoms with Gasteiger partial charge in [0.15, 0.2) is 0 Å². The molecule has 0 atom stereocenters. The fraction of sp³-hybridized carbons (Fsp3) is 0.429. The first-order chi connectivity index (χ1) is 14.3. The van der Waals surface area contributed by atoms with Gasteiger partial charge in [-0.1, -0.05) is 12.1 Å². The Kier molecular flexibility index (Phi) is 6.75. The van der Waals surface area contributed by atoms with Gasteiger partial charge in [-0.2, -0.15) is 0 Å². The smallest absolute Gasteiger partial charge is 0.0393 e. The van der Waals surface area contributed by atoms with Crippen molar-refractivity contribution in [3.05, 3.63) is 69.8 Å². The van der Waals surface area contributed by atoms with E-state index in [2.05, 4.69) is 102 Å². The van der Waals surface area contributed by atoms with Gasteiger partial charge in [0.1, 0.15) is 0 Å². The lowest BCUT2D eigenvalue weighted by Crippen LogP contribution is -2.17. The Bertz CT molecular complexity index is 912. The van der Waals surface area contributed by atoms with E-state index >= 15 is 0 Å². The minimum atomic E-state index is 1.03. The molecule has 3 rings (SSSR count). The molecule has 0 saturated heterocycles. The molecule has 0 heterocycles. The minimum absolute atomic E-state index is 1.03. The Hall–Kier alpha value is -2.48. The molecule has 160 valence electrons. The van der Waals surface area contributed by atoms with Crippen LogP contribution in [0.15, 0.2) is 47.5 Å². The Morgan fingerprint density at radius 3 is 1.30 bits per heavy atom. The summed E-state index contributed by atoms with van der Waals surface area (Å²) in [4.78, 5) is 4.62. The van der Waals surface area contributed by atoms with Crippen molar-refractivity contribution in [1.29, 1.82) is 0 Å². The third-order valence-electron chi connectivity index (χ3n) is 6.95. The maximum absolute atomic E-state index is 2.37. The van der Waals surface area contributed by atoms with Crippen molar-refractivity contribution < 1.29 is 0 Å². The highest BCUT2D eigenvalue weighted by Gasteiger charge is 2.19. The zero-order chi connectivity index (χ0) is 22.0. The molecule has 0 aliphatic heterocycles. The van der Waals surface area contributed by atoms with E-state index in [-0.39, 0.29) is 0 Å². The summed E-state index contributed by atoms with van der Waals surface area (Å²) in [5.41, 5.74) is 14.0.